The fourth-order valence-corrected chi connectivity index (χ4v) is 4.32. The summed E-state index contributed by atoms with van der Waals surface area (Å²) in [5, 5.41) is 16.2. The predicted octanol–water partition coefficient (Wildman–Crippen LogP) is 5.29. The van der Waals surface area contributed by atoms with Gasteiger partial charge in [0.25, 0.3) is 5.91 Å². The molecule has 1 unspecified atom stereocenters. The molecule has 170 valence electrons. The second-order valence-electron chi connectivity index (χ2n) is 8.83. The Labute approximate surface area is 194 Å². The minimum absolute atomic E-state index is 0.146. The maximum absolute atomic E-state index is 13.4. The van der Waals surface area contributed by atoms with E-state index in [9.17, 15) is 14.9 Å². The van der Waals surface area contributed by atoms with Crippen LogP contribution in [0, 0.1) is 11.3 Å². The molecule has 1 heterocycles. The van der Waals surface area contributed by atoms with Gasteiger partial charge >= 0.3 is 0 Å². The number of amides is 2. The number of rotatable bonds is 8. The lowest BCUT2D eigenvalue weighted by Crippen LogP contribution is -2.24. The van der Waals surface area contributed by atoms with E-state index < -0.39 is 6.04 Å². The highest BCUT2D eigenvalue weighted by atomic mass is 16.2. The van der Waals surface area contributed by atoms with E-state index in [1.54, 1.807) is 19.2 Å². The Bertz CT molecular complexity index is 1250. The number of nitrogens with zero attached hydrogens (tertiary/aromatic N) is 2. The summed E-state index contributed by atoms with van der Waals surface area (Å²) in [7, 11) is 1.61. The van der Waals surface area contributed by atoms with Gasteiger partial charge in [0.1, 0.15) is 6.04 Å². The van der Waals surface area contributed by atoms with Crippen LogP contribution in [0.1, 0.15) is 78.5 Å². The quantitative estimate of drug-likeness (QED) is 0.497. The average molecular weight is 443 g/mol. The number of nitrogens with one attached hydrogen (secondary N) is 2. The molecule has 3 aromatic rings. The van der Waals surface area contributed by atoms with Crippen LogP contribution in [0.3, 0.4) is 0 Å². The summed E-state index contributed by atoms with van der Waals surface area (Å²) in [6.45, 7) is 4.00. The number of aryl methyl sites for hydroxylation is 1. The molecule has 1 aromatic heterocycles. The van der Waals surface area contributed by atoms with Crippen LogP contribution in [0.4, 0.5) is 5.69 Å². The third-order valence-electron chi connectivity index (χ3n) is 6.46. The van der Waals surface area contributed by atoms with Crippen LogP contribution < -0.4 is 10.6 Å². The maximum atomic E-state index is 13.4. The molecule has 2 amide bonds. The molecule has 0 radical (unpaired) electrons. The first kappa shape index (κ1) is 22.6. The van der Waals surface area contributed by atoms with Gasteiger partial charge in [0.2, 0.25) is 5.91 Å². The number of unbranched alkanes of at least 4 members (excludes halogenated alkanes) is 1. The zero-order chi connectivity index (χ0) is 23.5. The molecule has 33 heavy (non-hydrogen) atoms. The van der Waals surface area contributed by atoms with Crippen LogP contribution in [-0.4, -0.2) is 23.4 Å². The summed E-state index contributed by atoms with van der Waals surface area (Å²) >= 11 is 0. The second kappa shape index (κ2) is 9.50. The van der Waals surface area contributed by atoms with Gasteiger partial charge in [-0.15, -0.1) is 0 Å². The largest absolute Gasteiger partial charge is 0.355 e. The van der Waals surface area contributed by atoms with Crippen molar-refractivity contribution in [1.29, 1.82) is 5.26 Å². The van der Waals surface area contributed by atoms with Crippen LogP contribution in [0.25, 0.3) is 10.9 Å². The smallest absolute Gasteiger partial charge is 0.251 e. The summed E-state index contributed by atoms with van der Waals surface area (Å²) in [5.41, 5.74) is 4.96. The Morgan fingerprint density at radius 2 is 2.00 bits per heavy atom. The topological polar surface area (TPSA) is 86.9 Å². The fraction of sp³-hybridized carbons (Fsp3) is 0.370. The van der Waals surface area contributed by atoms with Crippen LogP contribution in [0.2, 0.25) is 0 Å². The molecule has 0 aliphatic heterocycles. The van der Waals surface area contributed by atoms with Crippen molar-refractivity contribution in [2.75, 3.05) is 12.4 Å². The molecule has 0 spiro atoms. The van der Waals surface area contributed by atoms with Crippen molar-refractivity contribution in [3.05, 3.63) is 64.8 Å². The third kappa shape index (κ3) is 4.63. The molecule has 1 saturated carbocycles. The monoisotopic (exact) mass is 442 g/mol. The molecule has 1 aliphatic carbocycles. The van der Waals surface area contributed by atoms with Gasteiger partial charge < -0.3 is 15.2 Å². The molecule has 1 aliphatic rings. The number of carbonyl (C=O) groups is 2. The highest BCUT2D eigenvalue weighted by molar-refractivity contribution is 6.00. The van der Waals surface area contributed by atoms with Crippen LogP contribution in [0.15, 0.2) is 42.6 Å². The first-order valence-electron chi connectivity index (χ1n) is 11.7. The molecule has 0 saturated heterocycles. The lowest BCUT2D eigenvalue weighted by molar-refractivity contribution is -0.118. The van der Waals surface area contributed by atoms with Gasteiger partial charge in [-0.3, -0.25) is 9.59 Å². The Hall–Kier alpha value is -3.59. The highest BCUT2D eigenvalue weighted by Crippen LogP contribution is 2.44. The van der Waals surface area contributed by atoms with E-state index in [2.05, 4.69) is 29.8 Å². The molecule has 0 bridgehead atoms. The van der Waals surface area contributed by atoms with Gasteiger partial charge in [-0.1, -0.05) is 25.5 Å². The number of benzene rings is 2. The highest BCUT2D eigenvalue weighted by Gasteiger charge is 2.29. The van der Waals surface area contributed by atoms with E-state index in [4.69, 9.17) is 0 Å². The van der Waals surface area contributed by atoms with Gasteiger partial charge in [-0.2, -0.15) is 5.26 Å². The standard InChI is InChI=1S/C27H30N4O2/c1-4-5-6-20-8-7-18(15-28)13-24(20)30-26(32)17(2)31-16-23(19-9-10-19)22-12-11-21(14-25(22)31)27(33)29-3/h7-8,11-14,16-17,19H,4-6,9-10H2,1-3H3,(H,29,33)(H,30,32). The van der Waals surface area contributed by atoms with Gasteiger partial charge in [-0.25, -0.2) is 0 Å². The van der Waals surface area contributed by atoms with Crippen molar-refractivity contribution in [1.82, 2.24) is 9.88 Å². The van der Waals surface area contributed by atoms with Crippen LogP contribution in [0.5, 0.6) is 0 Å². The zero-order valence-corrected chi connectivity index (χ0v) is 19.4. The Balaban J connectivity index is 1.68. The first-order chi connectivity index (χ1) is 16.0. The molecule has 6 heteroatoms. The van der Waals surface area contributed by atoms with Crippen molar-refractivity contribution < 1.29 is 9.59 Å². The number of carbonyl (C=O) groups excluding carboxylic acids is 2. The van der Waals surface area contributed by atoms with Gasteiger partial charge in [0.05, 0.1) is 11.6 Å². The lowest BCUT2D eigenvalue weighted by Gasteiger charge is -2.18. The summed E-state index contributed by atoms with van der Waals surface area (Å²) in [4.78, 5) is 25.6. The molecule has 4 rings (SSSR count). The summed E-state index contributed by atoms with van der Waals surface area (Å²) in [6, 6.07) is 12.9. The van der Waals surface area contributed by atoms with E-state index in [1.165, 1.54) is 5.56 Å². The van der Waals surface area contributed by atoms with E-state index in [0.717, 1.165) is 48.6 Å². The number of anilines is 1. The first-order valence-corrected chi connectivity index (χ1v) is 11.7. The fourth-order valence-electron chi connectivity index (χ4n) is 4.32. The molecular formula is C27H30N4O2. The Morgan fingerprint density at radius 3 is 2.67 bits per heavy atom. The summed E-state index contributed by atoms with van der Waals surface area (Å²) in [5.74, 6) is 0.221. The number of aromatic nitrogens is 1. The maximum Gasteiger partial charge on any atom is 0.251 e. The van der Waals surface area contributed by atoms with E-state index in [1.807, 2.05) is 35.8 Å². The number of fused-ring (bicyclic) bond motifs is 1. The van der Waals surface area contributed by atoms with Crippen molar-refractivity contribution >= 4 is 28.4 Å². The molecule has 2 aromatic carbocycles. The minimum atomic E-state index is -0.482. The van der Waals surface area contributed by atoms with E-state index in [0.29, 0.717) is 22.7 Å². The zero-order valence-electron chi connectivity index (χ0n) is 19.4. The van der Waals surface area contributed by atoms with Crippen molar-refractivity contribution in [3.8, 4) is 6.07 Å². The van der Waals surface area contributed by atoms with Crippen molar-refractivity contribution in [2.45, 2.75) is 57.9 Å². The van der Waals surface area contributed by atoms with Gasteiger partial charge in [0.15, 0.2) is 0 Å². The number of hydrogen-bond donors (Lipinski definition) is 2. The normalized spacial score (nSPS) is 14.0. The SMILES string of the molecule is CCCCc1ccc(C#N)cc1NC(=O)C(C)n1cc(C2CC2)c2ccc(C(=O)NC)cc21. The summed E-state index contributed by atoms with van der Waals surface area (Å²) < 4.78 is 1.98. The molecule has 1 fully saturated rings. The predicted molar refractivity (Wildman–Crippen MR) is 130 cm³/mol. The summed E-state index contributed by atoms with van der Waals surface area (Å²) in [6.07, 6.45) is 7.29. The molecule has 2 N–H and O–H groups in total. The number of nitriles is 1. The Kier molecular flexibility index (Phi) is 6.50. The molecular weight excluding hydrogens is 412 g/mol. The van der Waals surface area contributed by atoms with Gasteiger partial charge in [-0.05, 0) is 73.9 Å². The van der Waals surface area contributed by atoms with Crippen LogP contribution in [-0.2, 0) is 11.2 Å². The lowest BCUT2D eigenvalue weighted by atomic mass is 10.0. The molecule has 1 atom stereocenters. The Morgan fingerprint density at radius 1 is 1.21 bits per heavy atom. The average Bonchev–Trinajstić information content (AvgIpc) is 3.62. The van der Waals surface area contributed by atoms with Crippen molar-refractivity contribution in [3.63, 3.8) is 0 Å². The minimum Gasteiger partial charge on any atom is -0.355 e. The van der Waals surface area contributed by atoms with E-state index in [-0.39, 0.29) is 11.8 Å². The number of hydrogen-bond acceptors (Lipinski definition) is 3. The van der Waals surface area contributed by atoms with Crippen molar-refractivity contribution in [2.24, 2.45) is 0 Å². The second-order valence-corrected chi connectivity index (χ2v) is 8.83. The van der Waals surface area contributed by atoms with Crippen LogP contribution >= 0.6 is 0 Å². The van der Waals surface area contributed by atoms with E-state index >= 15 is 0 Å². The molecule has 6 nitrogen and oxygen atoms in total. The van der Waals surface area contributed by atoms with Gasteiger partial charge in [0, 0.05) is 35.4 Å². The third-order valence-corrected chi connectivity index (χ3v) is 6.46.